The van der Waals surface area contributed by atoms with E-state index in [0.29, 0.717) is 12.1 Å². The Morgan fingerprint density at radius 2 is 2.22 bits per heavy atom. The lowest BCUT2D eigenvalue weighted by Crippen LogP contribution is -2.25. The number of phenols is 1. The van der Waals surface area contributed by atoms with Crippen LogP contribution in [0, 0.1) is 3.57 Å². The van der Waals surface area contributed by atoms with Crippen molar-refractivity contribution in [3.05, 3.63) is 49.7 Å². The van der Waals surface area contributed by atoms with Crippen molar-refractivity contribution in [3.8, 4) is 5.75 Å². The number of hydrogen-bond donors (Lipinski definition) is 1. The molecule has 0 saturated carbocycles. The smallest absolute Gasteiger partial charge is 0.254 e. The standard InChI is InChI=1S/C13H12INO2S/c1-15(7-9-4-5-18-8-9)13(17)10-2-3-11(14)12(16)6-10/h2-6,8,16H,7H2,1H3. The van der Waals surface area contributed by atoms with Crippen molar-refractivity contribution >= 4 is 39.8 Å². The molecule has 0 atom stereocenters. The van der Waals surface area contributed by atoms with Crippen LogP contribution in [0.25, 0.3) is 0 Å². The first kappa shape index (κ1) is 13.4. The third kappa shape index (κ3) is 3.02. The van der Waals surface area contributed by atoms with Gasteiger partial charge >= 0.3 is 0 Å². The second kappa shape index (κ2) is 5.71. The van der Waals surface area contributed by atoms with Crippen LogP contribution >= 0.6 is 33.9 Å². The molecule has 0 aliphatic rings. The number of hydrogen-bond acceptors (Lipinski definition) is 3. The molecule has 0 saturated heterocycles. The zero-order chi connectivity index (χ0) is 13.1. The lowest BCUT2D eigenvalue weighted by atomic mass is 10.2. The molecule has 0 radical (unpaired) electrons. The number of carbonyl (C=O) groups excluding carboxylic acids is 1. The molecule has 1 amide bonds. The fourth-order valence-corrected chi connectivity index (χ4v) is 2.59. The van der Waals surface area contributed by atoms with Gasteiger partial charge in [0, 0.05) is 19.2 Å². The molecule has 0 bridgehead atoms. The van der Waals surface area contributed by atoms with Crippen LogP contribution in [0.15, 0.2) is 35.0 Å². The number of benzene rings is 1. The average Bonchev–Trinajstić information content (AvgIpc) is 2.84. The van der Waals surface area contributed by atoms with Gasteiger partial charge in [-0.1, -0.05) is 0 Å². The number of nitrogens with zero attached hydrogens (tertiary/aromatic N) is 1. The van der Waals surface area contributed by atoms with Crippen molar-refractivity contribution in [2.75, 3.05) is 7.05 Å². The Balaban J connectivity index is 2.12. The molecule has 1 aromatic heterocycles. The van der Waals surface area contributed by atoms with E-state index in [2.05, 4.69) is 0 Å². The van der Waals surface area contributed by atoms with Crippen molar-refractivity contribution in [3.63, 3.8) is 0 Å². The zero-order valence-electron chi connectivity index (χ0n) is 9.76. The maximum Gasteiger partial charge on any atom is 0.254 e. The second-order valence-electron chi connectivity index (χ2n) is 3.96. The third-order valence-corrected chi connectivity index (χ3v) is 4.18. The summed E-state index contributed by atoms with van der Waals surface area (Å²) in [5.41, 5.74) is 1.62. The van der Waals surface area contributed by atoms with Crippen molar-refractivity contribution in [1.29, 1.82) is 0 Å². The van der Waals surface area contributed by atoms with Gasteiger partial charge in [-0.2, -0.15) is 11.3 Å². The third-order valence-electron chi connectivity index (χ3n) is 2.54. The van der Waals surface area contributed by atoms with Crippen molar-refractivity contribution in [2.45, 2.75) is 6.54 Å². The van der Waals surface area contributed by atoms with Gasteiger partial charge < -0.3 is 10.0 Å². The highest BCUT2D eigenvalue weighted by Crippen LogP contribution is 2.21. The van der Waals surface area contributed by atoms with Crippen LogP contribution in [-0.2, 0) is 6.54 Å². The highest BCUT2D eigenvalue weighted by Gasteiger charge is 2.13. The summed E-state index contributed by atoms with van der Waals surface area (Å²) in [5.74, 6) is 0.0540. The predicted molar refractivity (Wildman–Crippen MR) is 80.9 cm³/mol. The van der Waals surface area contributed by atoms with E-state index in [1.165, 1.54) is 6.07 Å². The minimum Gasteiger partial charge on any atom is -0.507 e. The van der Waals surface area contributed by atoms with Crippen LogP contribution in [0.1, 0.15) is 15.9 Å². The Hall–Kier alpha value is -1.08. The number of aromatic hydroxyl groups is 1. The Morgan fingerprint density at radius 1 is 1.44 bits per heavy atom. The monoisotopic (exact) mass is 373 g/mol. The average molecular weight is 373 g/mol. The molecule has 5 heteroatoms. The van der Waals surface area contributed by atoms with E-state index in [9.17, 15) is 9.90 Å². The van der Waals surface area contributed by atoms with Gasteiger partial charge in [-0.3, -0.25) is 4.79 Å². The molecule has 94 valence electrons. The van der Waals surface area contributed by atoms with Crippen molar-refractivity contribution < 1.29 is 9.90 Å². The lowest BCUT2D eigenvalue weighted by Gasteiger charge is -2.16. The maximum atomic E-state index is 12.2. The summed E-state index contributed by atoms with van der Waals surface area (Å²) in [7, 11) is 1.76. The molecule has 1 aromatic carbocycles. The summed E-state index contributed by atoms with van der Waals surface area (Å²) in [5, 5.41) is 13.6. The largest absolute Gasteiger partial charge is 0.507 e. The van der Waals surface area contributed by atoms with Crippen LogP contribution in [0.2, 0.25) is 0 Å². The Morgan fingerprint density at radius 3 is 2.83 bits per heavy atom. The SMILES string of the molecule is CN(Cc1ccsc1)C(=O)c1ccc(I)c(O)c1. The topological polar surface area (TPSA) is 40.5 Å². The Labute approximate surface area is 123 Å². The van der Waals surface area contributed by atoms with Gasteiger partial charge in [-0.05, 0) is 63.2 Å². The Kier molecular flexibility index (Phi) is 4.23. The molecule has 1 heterocycles. The van der Waals surface area contributed by atoms with Crippen LogP contribution < -0.4 is 0 Å². The molecule has 3 nitrogen and oxygen atoms in total. The number of carbonyl (C=O) groups is 1. The molecule has 0 unspecified atom stereocenters. The summed E-state index contributed by atoms with van der Waals surface area (Å²) >= 11 is 3.64. The fraction of sp³-hybridized carbons (Fsp3) is 0.154. The van der Waals surface area contributed by atoms with Gasteiger partial charge in [0.25, 0.3) is 5.91 Å². The van der Waals surface area contributed by atoms with Crippen LogP contribution in [0.4, 0.5) is 0 Å². The molecule has 0 spiro atoms. The van der Waals surface area contributed by atoms with E-state index < -0.39 is 0 Å². The van der Waals surface area contributed by atoms with Gasteiger partial charge in [-0.15, -0.1) is 0 Å². The van der Waals surface area contributed by atoms with E-state index in [-0.39, 0.29) is 11.7 Å². The van der Waals surface area contributed by atoms with E-state index >= 15 is 0 Å². The first-order valence-corrected chi connectivity index (χ1v) is 7.35. The zero-order valence-corrected chi connectivity index (χ0v) is 12.7. The molecule has 18 heavy (non-hydrogen) atoms. The highest BCUT2D eigenvalue weighted by atomic mass is 127. The van der Waals surface area contributed by atoms with E-state index in [4.69, 9.17) is 0 Å². The molecular weight excluding hydrogens is 361 g/mol. The summed E-state index contributed by atoms with van der Waals surface area (Å²) < 4.78 is 0.740. The van der Waals surface area contributed by atoms with Crippen LogP contribution in [-0.4, -0.2) is 23.0 Å². The maximum absolute atomic E-state index is 12.2. The fourth-order valence-electron chi connectivity index (χ4n) is 1.59. The van der Waals surface area contributed by atoms with Gasteiger partial charge in [0.1, 0.15) is 5.75 Å². The summed E-state index contributed by atoms with van der Waals surface area (Å²) in [6, 6.07) is 6.98. The van der Waals surface area contributed by atoms with Crippen LogP contribution in [0.3, 0.4) is 0 Å². The van der Waals surface area contributed by atoms with Gasteiger partial charge in [0.2, 0.25) is 0 Å². The molecule has 2 rings (SSSR count). The van der Waals surface area contributed by atoms with Crippen molar-refractivity contribution in [2.24, 2.45) is 0 Å². The summed E-state index contributed by atoms with van der Waals surface area (Å²) in [6.45, 7) is 0.578. The first-order valence-electron chi connectivity index (χ1n) is 5.33. The minimum atomic E-state index is -0.0899. The number of rotatable bonds is 3. The molecule has 0 aliphatic carbocycles. The number of amides is 1. The summed E-state index contributed by atoms with van der Waals surface area (Å²) in [6.07, 6.45) is 0. The number of halogens is 1. The second-order valence-corrected chi connectivity index (χ2v) is 5.90. The lowest BCUT2D eigenvalue weighted by molar-refractivity contribution is 0.0785. The molecule has 0 aliphatic heterocycles. The van der Waals surface area contributed by atoms with E-state index in [0.717, 1.165) is 9.13 Å². The Bertz CT molecular complexity index is 554. The molecule has 1 N–H and O–H groups in total. The molecule has 0 fully saturated rings. The molecular formula is C13H12INO2S. The predicted octanol–water partition coefficient (Wildman–Crippen LogP) is 3.33. The van der Waals surface area contributed by atoms with E-state index in [1.54, 1.807) is 35.4 Å². The normalized spacial score (nSPS) is 10.3. The first-order chi connectivity index (χ1) is 8.58. The number of phenolic OH excluding ortho intramolecular Hbond substituents is 1. The highest BCUT2D eigenvalue weighted by molar-refractivity contribution is 14.1. The summed E-state index contributed by atoms with van der Waals surface area (Å²) in [4.78, 5) is 13.8. The minimum absolute atomic E-state index is 0.0899. The molecule has 2 aromatic rings. The number of thiophene rings is 1. The van der Waals surface area contributed by atoms with Crippen LogP contribution in [0.5, 0.6) is 5.75 Å². The quantitative estimate of drug-likeness (QED) is 0.839. The van der Waals surface area contributed by atoms with Gasteiger partial charge in [0.15, 0.2) is 0 Å². The van der Waals surface area contributed by atoms with Crippen molar-refractivity contribution in [1.82, 2.24) is 4.90 Å². The van der Waals surface area contributed by atoms with Gasteiger partial charge in [-0.25, -0.2) is 0 Å². The van der Waals surface area contributed by atoms with E-state index in [1.807, 2.05) is 39.4 Å². The van der Waals surface area contributed by atoms with Gasteiger partial charge in [0.05, 0.1) is 3.57 Å².